The highest BCUT2D eigenvalue weighted by atomic mass is 32.2. The Bertz CT molecular complexity index is 1120. The van der Waals surface area contributed by atoms with Crippen LogP contribution in [0.25, 0.3) is 11.0 Å². The molecule has 1 N–H and O–H groups in total. The molecule has 34 heavy (non-hydrogen) atoms. The lowest BCUT2D eigenvalue weighted by molar-refractivity contribution is -0.118. The molecule has 0 aliphatic carbocycles. The summed E-state index contributed by atoms with van der Waals surface area (Å²) in [6, 6.07) is 10.3. The predicted molar refractivity (Wildman–Crippen MR) is 134 cm³/mol. The zero-order chi connectivity index (χ0) is 23.3. The highest BCUT2D eigenvalue weighted by Gasteiger charge is 2.27. The van der Waals surface area contributed by atoms with Crippen LogP contribution in [0, 0.1) is 0 Å². The van der Waals surface area contributed by atoms with Crippen LogP contribution in [-0.4, -0.2) is 93.1 Å². The van der Waals surface area contributed by atoms with E-state index in [1.807, 2.05) is 18.2 Å². The van der Waals surface area contributed by atoms with Crippen molar-refractivity contribution in [1.82, 2.24) is 24.8 Å². The van der Waals surface area contributed by atoms with Crippen molar-refractivity contribution in [3.05, 3.63) is 42.2 Å². The molecular weight excluding hydrogens is 452 g/mol. The average Bonchev–Trinajstić information content (AvgIpc) is 2.89. The second kappa shape index (κ2) is 10.4. The summed E-state index contributed by atoms with van der Waals surface area (Å²) < 4.78 is 11.9. The third-order valence-corrected chi connectivity index (χ3v) is 7.50. The quantitative estimate of drug-likeness (QED) is 0.389. The largest absolute Gasteiger partial charge is 0.616 e. The molecule has 5 rings (SSSR count). The van der Waals surface area contributed by atoms with Crippen molar-refractivity contribution < 1.29 is 9.35 Å². The fraction of sp³-hybridized carbons (Fsp3) is 0.435. The first-order valence-corrected chi connectivity index (χ1v) is 13.0. The molecule has 0 atom stereocenters. The number of hydrogen-bond donors (Lipinski definition) is 1. The van der Waals surface area contributed by atoms with Crippen LogP contribution in [0.2, 0.25) is 0 Å². The smallest absolute Gasteiger partial charge is 0.228 e. The molecule has 2 aromatic heterocycles. The van der Waals surface area contributed by atoms with Crippen LogP contribution in [0.3, 0.4) is 0 Å². The normalized spacial score (nSPS) is 17.3. The number of nitrogens with one attached hydrogen (secondary N) is 1. The first kappa shape index (κ1) is 22.6. The molecule has 2 fully saturated rings. The lowest BCUT2D eigenvalue weighted by atomic mass is 10.1. The predicted octanol–water partition coefficient (Wildman–Crippen LogP) is 0.922. The fourth-order valence-electron chi connectivity index (χ4n) is 4.26. The van der Waals surface area contributed by atoms with Gasteiger partial charge in [-0.2, -0.15) is 4.98 Å². The molecule has 0 saturated carbocycles. The molecule has 0 unspecified atom stereocenters. The van der Waals surface area contributed by atoms with Crippen LogP contribution < -0.4 is 15.1 Å². The van der Waals surface area contributed by atoms with Gasteiger partial charge in [0.15, 0.2) is 11.6 Å². The molecule has 4 heterocycles. The standard InChI is InChI=1S/C23H28N8O2S/c32-17-29-8-10-31(11-9-29)23-27-19-20(22(28-23)30-12-14-34(33)15-13-30)25-16-26-21(19)24-7-6-18-4-2-1-3-5-18/h1-5,16-17H,6-15H2,(H,24,25,26). The van der Waals surface area contributed by atoms with E-state index in [4.69, 9.17) is 9.97 Å². The van der Waals surface area contributed by atoms with Crippen LogP contribution in [0.1, 0.15) is 5.56 Å². The Morgan fingerprint density at radius 3 is 2.44 bits per heavy atom. The van der Waals surface area contributed by atoms with Crippen LogP contribution in [-0.2, 0) is 22.4 Å². The Morgan fingerprint density at radius 1 is 0.941 bits per heavy atom. The number of carbonyl (C=O) groups is 1. The number of piperazine rings is 1. The van der Waals surface area contributed by atoms with Crippen molar-refractivity contribution in [1.29, 1.82) is 0 Å². The SMILES string of the molecule is O=CN1CCN(c2nc(N3CC[S+]([O-])CC3)c3ncnc(NCCc4ccccc4)c3n2)CC1. The number of fused-ring (bicyclic) bond motifs is 1. The number of hydrogen-bond acceptors (Lipinski definition) is 9. The van der Waals surface area contributed by atoms with Crippen LogP contribution in [0.15, 0.2) is 36.7 Å². The first-order valence-electron chi connectivity index (χ1n) is 11.6. The minimum absolute atomic E-state index is 0.612. The first-order chi connectivity index (χ1) is 16.7. The lowest BCUT2D eigenvalue weighted by Crippen LogP contribution is -2.46. The van der Waals surface area contributed by atoms with E-state index >= 15 is 0 Å². The second-order valence-electron chi connectivity index (χ2n) is 8.39. The van der Waals surface area contributed by atoms with E-state index in [-0.39, 0.29) is 0 Å². The van der Waals surface area contributed by atoms with Crippen molar-refractivity contribution >= 4 is 46.2 Å². The van der Waals surface area contributed by atoms with Gasteiger partial charge in [-0.25, -0.2) is 15.0 Å². The van der Waals surface area contributed by atoms with E-state index in [9.17, 15) is 9.35 Å². The highest BCUT2D eigenvalue weighted by molar-refractivity contribution is 7.91. The molecule has 11 heteroatoms. The molecule has 10 nitrogen and oxygen atoms in total. The topological polar surface area (TPSA) is 113 Å². The van der Waals surface area contributed by atoms with Gasteiger partial charge in [0, 0.05) is 32.7 Å². The van der Waals surface area contributed by atoms with Gasteiger partial charge in [0.05, 0.1) is 13.1 Å². The van der Waals surface area contributed by atoms with E-state index in [0.29, 0.717) is 80.1 Å². The van der Waals surface area contributed by atoms with Gasteiger partial charge < -0.3 is 24.6 Å². The molecule has 0 radical (unpaired) electrons. The fourth-order valence-corrected chi connectivity index (χ4v) is 5.31. The Kier molecular flexibility index (Phi) is 6.91. The lowest BCUT2D eigenvalue weighted by Gasteiger charge is -2.34. The summed E-state index contributed by atoms with van der Waals surface area (Å²) in [5.74, 6) is 3.28. The van der Waals surface area contributed by atoms with Crippen molar-refractivity contribution in [2.45, 2.75) is 6.42 Å². The molecule has 0 bridgehead atoms. The summed E-state index contributed by atoms with van der Waals surface area (Å²) in [6.07, 6.45) is 3.30. The van der Waals surface area contributed by atoms with E-state index in [0.717, 1.165) is 18.6 Å². The summed E-state index contributed by atoms with van der Waals surface area (Å²) >= 11 is -0.789. The summed E-state index contributed by atoms with van der Waals surface area (Å²) in [6.45, 7) is 4.64. The third kappa shape index (κ3) is 5.00. The zero-order valence-corrected chi connectivity index (χ0v) is 19.8. The van der Waals surface area contributed by atoms with E-state index < -0.39 is 11.2 Å². The van der Waals surface area contributed by atoms with E-state index in [2.05, 4.69) is 37.2 Å². The van der Waals surface area contributed by atoms with Gasteiger partial charge in [0.25, 0.3) is 0 Å². The summed E-state index contributed by atoms with van der Waals surface area (Å²) in [5, 5.41) is 3.44. The van der Waals surface area contributed by atoms with Gasteiger partial charge in [0.2, 0.25) is 12.4 Å². The molecule has 2 saturated heterocycles. The Balaban J connectivity index is 1.46. The molecule has 1 aromatic carbocycles. The number of anilines is 3. The number of amides is 1. The Hall–Kier alpha value is -3.18. The maximum Gasteiger partial charge on any atom is 0.228 e. The van der Waals surface area contributed by atoms with Gasteiger partial charge in [-0.1, -0.05) is 41.5 Å². The van der Waals surface area contributed by atoms with Gasteiger partial charge in [-0.05, 0) is 12.0 Å². The molecule has 2 aliphatic rings. The van der Waals surface area contributed by atoms with Gasteiger partial charge in [0.1, 0.15) is 28.9 Å². The van der Waals surface area contributed by atoms with E-state index in [1.165, 1.54) is 5.56 Å². The van der Waals surface area contributed by atoms with Crippen molar-refractivity contribution in [3.63, 3.8) is 0 Å². The monoisotopic (exact) mass is 480 g/mol. The number of carbonyl (C=O) groups excluding carboxylic acids is 1. The highest BCUT2D eigenvalue weighted by Crippen LogP contribution is 2.29. The molecule has 3 aromatic rings. The summed E-state index contributed by atoms with van der Waals surface area (Å²) in [5.41, 5.74) is 2.62. The zero-order valence-electron chi connectivity index (χ0n) is 19.0. The molecule has 2 aliphatic heterocycles. The van der Waals surface area contributed by atoms with Crippen LogP contribution in [0.5, 0.6) is 0 Å². The summed E-state index contributed by atoms with van der Waals surface area (Å²) in [7, 11) is 0. The maximum atomic E-state index is 11.9. The van der Waals surface area contributed by atoms with Gasteiger partial charge >= 0.3 is 0 Å². The van der Waals surface area contributed by atoms with Crippen molar-refractivity contribution in [2.24, 2.45) is 0 Å². The maximum absolute atomic E-state index is 11.9. The summed E-state index contributed by atoms with van der Waals surface area (Å²) in [4.78, 5) is 36.0. The molecular formula is C23H28N8O2S. The molecule has 178 valence electrons. The number of rotatable bonds is 7. The number of benzene rings is 1. The third-order valence-electron chi connectivity index (χ3n) is 6.22. The number of aromatic nitrogens is 4. The van der Waals surface area contributed by atoms with Crippen LogP contribution in [0.4, 0.5) is 17.6 Å². The van der Waals surface area contributed by atoms with Crippen LogP contribution >= 0.6 is 0 Å². The van der Waals surface area contributed by atoms with Gasteiger partial charge in [-0.3, -0.25) is 4.79 Å². The average molecular weight is 481 g/mol. The second-order valence-corrected chi connectivity index (χ2v) is 10.1. The van der Waals surface area contributed by atoms with Gasteiger partial charge in [-0.15, -0.1) is 0 Å². The van der Waals surface area contributed by atoms with E-state index in [1.54, 1.807) is 11.2 Å². The number of nitrogens with zero attached hydrogens (tertiary/aromatic N) is 7. The Labute approximate surface area is 201 Å². The minimum atomic E-state index is -0.789. The minimum Gasteiger partial charge on any atom is -0.616 e. The molecule has 1 amide bonds. The van der Waals surface area contributed by atoms with Crippen molar-refractivity contribution in [2.75, 3.05) is 72.4 Å². The molecule has 0 spiro atoms. The van der Waals surface area contributed by atoms with Crippen molar-refractivity contribution in [3.8, 4) is 0 Å². The Morgan fingerprint density at radius 2 is 1.71 bits per heavy atom.